The van der Waals surface area contributed by atoms with Gasteiger partial charge in [-0.1, -0.05) is 29.8 Å². The van der Waals surface area contributed by atoms with E-state index < -0.39 is 6.04 Å². The van der Waals surface area contributed by atoms with Gasteiger partial charge in [0, 0.05) is 35.2 Å². The van der Waals surface area contributed by atoms with Gasteiger partial charge in [0.1, 0.15) is 11.7 Å². The minimum atomic E-state index is -0.734. The molecule has 4 aromatic rings. The van der Waals surface area contributed by atoms with Gasteiger partial charge in [0.25, 0.3) is 5.91 Å². The van der Waals surface area contributed by atoms with E-state index in [-0.39, 0.29) is 11.8 Å². The molecule has 1 aliphatic heterocycles. The zero-order valence-electron chi connectivity index (χ0n) is 18.3. The second-order valence-electron chi connectivity index (χ2n) is 8.30. The van der Waals surface area contributed by atoms with Crippen molar-refractivity contribution in [3.05, 3.63) is 82.8 Å². The van der Waals surface area contributed by atoms with E-state index in [9.17, 15) is 9.59 Å². The summed E-state index contributed by atoms with van der Waals surface area (Å²) >= 11 is 0. The van der Waals surface area contributed by atoms with Crippen molar-refractivity contribution in [3.63, 3.8) is 0 Å². The number of hydrogen-bond donors (Lipinski definition) is 2. The number of carbonyl (C=O) groups excluding carboxylic acids is 2. The fourth-order valence-corrected chi connectivity index (χ4v) is 4.57. The van der Waals surface area contributed by atoms with Gasteiger partial charge in [-0.2, -0.15) is 5.10 Å². The van der Waals surface area contributed by atoms with Crippen LogP contribution in [0.4, 0.5) is 0 Å². The van der Waals surface area contributed by atoms with Gasteiger partial charge in [-0.3, -0.25) is 9.59 Å². The molecule has 162 valence electrons. The number of benzene rings is 2. The lowest BCUT2D eigenvalue weighted by molar-refractivity contribution is -0.128. The molecule has 3 heterocycles. The van der Waals surface area contributed by atoms with Crippen LogP contribution in [0.25, 0.3) is 16.6 Å². The minimum absolute atomic E-state index is 0.185. The summed E-state index contributed by atoms with van der Waals surface area (Å²) in [5.41, 5.74) is 5.78. The topological polar surface area (TPSA) is 83.0 Å². The number of aryl methyl sites for hydroxylation is 2. The van der Waals surface area contributed by atoms with Gasteiger partial charge in [-0.15, -0.1) is 0 Å². The van der Waals surface area contributed by atoms with E-state index in [0.717, 1.165) is 39.1 Å². The Labute approximate surface area is 186 Å². The molecule has 5 rings (SSSR count). The molecule has 1 atom stereocenters. The van der Waals surface area contributed by atoms with Crippen molar-refractivity contribution in [2.45, 2.75) is 26.8 Å². The Morgan fingerprint density at radius 2 is 1.84 bits per heavy atom. The average Bonchev–Trinajstić information content (AvgIpc) is 3.34. The Balaban J connectivity index is 1.57. The lowest BCUT2D eigenvalue weighted by atomic mass is 9.99. The van der Waals surface area contributed by atoms with Crippen LogP contribution in [0.2, 0.25) is 0 Å². The van der Waals surface area contributed by atoms with E-state index in [1.54, 1.807) is 4.90 Å². The Bertz CT molecular complexity index is 1340. The molecule has 32 heavy (non-hydrogen) atoms. The number of para-hydroxylation sites is 1. The molecule has 2 aromatic carbocycles. The fraction of sp³-hybridized carbons (Fsp3) is 0.240. The first kappa shape index (κ1) is 20.1. The van der Waals surface area contributed by atoms with Crippen molar-refractivity contribution in [2.75, 3.05) is 13.1 Å². The maximum absolute atomic E-state index is 13.6. The Hall–Kier alpha value is -3.87. The molecule has 0 aliphatic carbocycles. The monoisotopic (exact) mass is 427 g/mol. The third kappa shape index (κ3) is 3.26. The molecule has 0 radical (unpaired) electrons. The van der Waals surface area contributed by atoms with Crippen LogP contribution in [-0.4, -0.2) is 44.6 Å². The molecule has 2 aromatic heterocycles. The number of piperazine rings is 1. The summed E-state index contributed by atoms with van der Waals surface area (Å²) in [7, 11) is 0. The van der Waals surface area contributed by atoms with Gasteiger partial charge in [0.05, 0.1) is 11.4 Å². The Morgan fingerprint density at radius 3 is 2.62 bits per heavy atom. The summed E-state index contributed by atoms with van der Waals surface area (Å²) in [6.07, 6.45) is 0. The average molecular weight is 428 g/mol. The van der Waals surface area contributed by atoms with Crippen LogP contribution in [0.15, 0.2) is 54.6 Å². The highest BCUT2D eigenvalue weighted by Gasteiger charge is 2.38. The van der Waals surface area contributed by atoms with Crippen molar-refractivity contribution >= 4 is 22.7 Å². The van der Waals surface area contributed by atoms with Crippen molar-refractivity contribution in [3.8, 4) is 5.69 Å². The molecule has 2 N–H and O–H groups in total. The second kappa shape index (κ2) is 7.67. The Kier molecular flexibility index (Phi) is 4.81. The number of fused-ring (bicyclic) bond motifs is 1. The minimum Gasteiger partial charge on any atom is -0.352 e. The van der Waals surface area contributed by atoms with Crippen LogP contribution in [0.3, 0.4) is 0 Å². The number of hydrogen-bond acceptors (Lipinski definition) is 3. The molecule has 1 saturated heterocycles. The van der Waals surface area contributed by atoms with E-state index >= 15 is 0 Å². The first-order valence-corrected chi connectivity index (χ1v) is 10.7. The molecule has 7 heteroatoms. The first-order valence-electron chi connectivity index (χ1n) is 10.7. The largest absolute Gasteiger partial charge is 0.352 e. The molecular formula is C25H25N5O2. The number of H-pyrrole nitrogens is 1. The third-order valence-corrected chi connectivity index (χ3v) is 6.10. The summed E-state index contributed by atoms with van der Waals surface area (Å²) in [5.74, 6) is -0.375. The molecule has 0 saturated carbocycles. The van der Waals surface area contributed by atoms with Gasteiger partial charge in [-0.25, -0.2) is 4.68 Å². The van der Waals surface area contributed by atoms with Crippen LogP contribution in [-0.2, 0) is 4.79 Å². The van der Waals surface area contributed by atoms with Gasteiger partial charge >= 0.3 is 0 Å². The smallest absolute Gasteiger partial charge is 0.271 e. The quantitative estimate of drug-likeness (QED) is 0.524. The van der Waals surface area contributed by atoms with Crippen LogP contribution in [0.1, 0.15) is 39.0 Å². The maximum Gasteiger partial charge on any atom is 0.271 e. The number of aromatic amines is 1. The summed E-state index contributed by atoms with van der Waals surface area (Å²) in [6, 6.07) is 16.9. The SMILES string of the molecule is Cc1ccc2[nH]c(C(=O)N3CCNC(=O)[C@H]3c3c(C)nn(-c4ccccc4)c3C)cc2c1. The number of amides is 2. The van der Waals surface area contributed by atoms with E-state index in [0.29, 0.717) is 18.8 Å². The second-order valence-corrected chi connectivity index (χ2v) is 8.30. The van der Waals surface area contributed by atoms with Crippen LogP contribution in [0.5, 0.6) is 0 Å². The number of nitrogens with zero attached hydrogens (tertiary/aromatic N) is 3. The first-order chi connectivity index (χ1) is 15.4. The molecule has 0 bridgehead atoms. The van der Waals surface area contributed by atoms with Gasteiger partial charge < -0.3 is 15.2 Å². The third-order valence-electron chi connectivity index (χ3n) is 6.10. The summed E-state index contributed by atoms with van der Waals surface area (Å²) in [6.45, 7) is 6.70. The predicted octanol–water partition coefficient (Wildman–Crippen LogP) is 3.59. The van der Waals surface area contributed by atoms with Crippen molar-refractivity contribution in [2.24, 2.45) is 0 Å². The normalized spacial score (nSPS) is 16.4. The highest BCUT2D eigenvalue weighted by Crippen LogP contribution is 2.31. The summed E-state index contributed by atoms with van der Waals surface area (Å²) in [4.78, 5) is 31.5. The molecule has 2 amide bonds. The van der Waals surface area contributed by atoms with Gasteiger partial charge in [0.2, 0.25) is 5.91 Å². The lowest BCUT2D eigenvalue weighted by Gasteiger charge is -2.35. The van der Waals surface area contributed by atoms with Gasteiger partial charge in [0.15, 0.2) is 0 Å². The van der Waals surface area contributed by atoms with E-state index in [4.69, 9.17) is 5.10 Å². The highest BCUT2D eigenvalue weighted by molar-refractivity contribution is 6.01. The van der Waals surface area contributed by atoms with Crippen LogP contribution >= 0.6 is 0 Å². The summed E-state index contributed by atoms with van der Waals surface area (Å²) < 4.78 is 1.83. The van der Waals surface area contributed by atoms with Crippen LogP contribution in [0, 0.1) is 20.8 Å². The van der Waals surface area contributed by atoms with Crippen molar-refractivity contribution in [1.29, 1.82) is 0 Å². The molecule has 7 nitrogen and oxygen atoms in total. The van der Waals surface area contributed by atoms with E-state index in [2.05, 4.69) is 10.3 Å². The lowest BCUT2D eigenvalue weighted by Crippen LogP contribution is -2.52. The predicted molar refractivity (Wildman–Crippen MR) is 123 cm³/mol. The Morgan fingerprint density at radius 1 is 1.06 bits per heavy atom. The number of aromatic nitrogens is 3. The maximum atomic E-state index is 13.6. The van der Waals surface area contributed by atoms with Crippen molar-refractivity contribution in [1.82, 2.24) is 25.0 Å². The zero-order chi connectivity index (χ0) is 22.4. The van der Waals surface area contributed by atoms with E-state index in [1.165, 1.54) is 0 Å². The van der Waals surface area contributed by atoms with Crippen molar-refractivity contribution < 1.29 is 9.59 Å². The molecule has 0 spiro atoms. The van der Waals surface area contributed by atoms with Gasteiger partial charge in [-0.05, 0) is 51.1 Å². The number of carbonyl (C=O) groups is 2. The standard InChI is InChI=1S/C25H25N5O2/c1-15-9-10-20-18(13-15)14-21(27-20)25(32)29-12-11-26-24(31)23(29)22-16(2)28-30(17(22)3)19-7-5-4-6-8-19/h4-10,13-14,23,27H,11-12H2,1-3H3,(H,26,31)/t23-/m1/s1. The fourth-order valence-electron chi connectivity index (χ4n) is 4.57. The number of rotatable bonds is 3. The van der Waals surface area contributed by atoms with Crippen LogP contribution < -0.4 is 5.32 Å². The highest BCUT2D eigenvalue weighted by atomic mass is 16.2. The number of nitrogens with one attached hydrogen (secondary N) is 2. The molecule has 0 unspecified atom stereocenters. The molecular weight excluding hydrogens is 402 g/mol. The molecule has 1 fully saturated rings. The zero-order valence-corrected chi connectivity index (χ0v) is 18.3. The summed E-state index contributed by atoms with van der Waals surface area (Å²) in [5, 5.41) is 8.60. The molecule has 1 aliphatic rings. The van der Waals surface area contributed by atoms with E-state index in [1.807, 2.05) is 80.1 Å².